The molecule has 0 fully saturated rings. The number of rotatable bonds is 4. The number of hydrogen-bond donors (Lipinski definition) is 0. The monoisotopic (exact) mass is 360 g/mol. The molecule has 2 atom stereocenters. The van der Waals surface area contributed by atoms with E-state index < -0.39 is 8.32 Å². The Morgan fingerprint density at radius 2 is 1.88 bits per heavy atom. The van der Waals surface area contributed by atoms with Gasteiger partial charge in [0.1, 0.15) is 11.6 Å². The average Bonchev–Trinajstić information content (AvgIpc) is 3.02. The van der Waals surface area contributed by atoms with Crippen LogP contribution in [-0.4, -0.2) is 24.5 Å². The van der Waals surface area contributed by atoms with Crippen LogP contribution in [0.25, 0.3) is 11.3 Å². The van der Waals surface area contributed by atoms with Crippen LogP contribution < -0.4 is 0 Å². The molecule has 2 aromatic rings. The Morgan fingerprint density at radius 1 is 1.24 bits per heavy atom. The number of aromatic nitrogens is 2. The maximum atomic E-state index is 13.1. The summed E-state index contributed by atoms with van der Waals surface area (Å²) in [6.45, 7) is 14.4. The molecule has 25 heavy (non-hydrogen) atoms. The van der Waals surface area contributed by atoms with Gasteiger partial charge in [0.25, 0.3) is 0 Å². The van der Waals surface area contributed by atoms with Crippen LogP contribution in [0.15, 0.2) is 30.5 Å². The Hall–Kier alpha value is -1.46. The fraction of sp³-hybridized carbons (Fsp3) is 0.550. The first-order chi connectivity index (χ1) is 11.6. The molecule has 0 spiro atoms. The molecule has 5 heteroatoms. The molecule has 1 aliphatic rings. The van der Waals surface area contributed by atoms with Gasteiger partial charge in [-0.15, -0.1) is 0 Å². The summed E-state index contributed by atoms with van der Waals surface area (Å²) in [6.07, 6.45) is 3.07. The Labute approximate surface area is 151 Å². The third kappa shape index (κ3) is 3.58. The van der Waals surface area contributed by atoms with Gasteiger partial charge >= 0.3 is 0 Å². The van der Waals surface area contributed by atoms with Crippen LogP contribution in [0.1, 0.15) is 39.6 Å². The minimum absolute atomic E-state index is 0.214. The van der Waals surface area contributed by atoms with Crippen molar-refractivity contribution in [2.24, 2.45) is 5.92 Å². The van der Waals surface area contributed by atoms with E-state index in [4.69, 9.17) is 9.41 Å². The lowest BCUT2D eigenvalue weighted by Crippen LogP contribution is -2.42. The van der Waals surface area contributed by atoms with Gasteiger partial charge < -0.3 is 8.99 Å². The SMILES string of the molecule is C[C@H]1Cc2nc(-c3ccc(F)cc3)cn2[C@@H]1CO[Si](C)(C)C(C)(C)C. The van der Waals surface area contributed by atoms with Crippen molar-refractivity contribution in [1.82, 2.24) is 9.55 Å². The smallest absolute Gasteiger partial charge is 0.192 e. The van der Waals surface area contributed by atoms with Gasteiger partial charge in [0.15, 0.2) is 8.32 Å². The highest BCUT2D eigenvalue weighted by molar-refractivity contribution is 6.74. The molecule has 3 nitrogen and oxygen atoms in total. The lowest BCUT2D eigenvalue weighted by atomic mass is 10.0. The molecule has 0 saturated carbocycles. The summed E-state index contributed by atoms with van der Waals surface area (Å²) in [5.41, 5.74) is 1.87. The molecule has 0 saturated heterocycles. The number of benzene rings is 1. The van der Waals surface area contributed by atoms with Crippen LogP contribution in [0.4, 0.5) is 4.39 Å². The lowest BCUT2D eigenvalue weighted by Gasteiger charge is -2.37. The van der Waals surface area contributed by atoms with Crippen LogP contribution in [0.3, 0.4) is 0 Å². The first kappa shape index (κ1) is 18.3. The van der Waals surface area contributed by atoms with Crippen LogP contribution in [0, 0.1) is 11.7 Å². The van der Waals surface area contributed by atoms with E-state index in [0.29, 0.717) is 12.0 Å². The standard InChI is InChI=1S/C20H29FN2OSi/c1-14-11-19-22-17(15-7-9-16(21)10-8-15)12-23(19)18(14)13-24-25(5,6)20(2,3)4/h7-10,12,14,18H,11,13H2,1-6H3/t14-,18+/m0/s1. The van der Waals surface area contributed by atoms with E-state index in [-0.39, 0.29) is 10.9 Å². The highest BCUT2D eigenvalue weighted by Gasteiger charge is 2.39. The number of hydrogen-bond acceptors (Lipinski definition) is 2. The minimum Gasteiger partial charge on any atom is -0.415 e. The molecule has 2 heterocycles. The van der Waals surface area contributed by atoms with Gasteiger partial charge in [-0.2, -0.15) is 0 Å². The van der Waals surface area contributed by atoms with E-state index in [2.05, 4.69) is 51.6 Å². The van der Waals surface area contributed by atoms with Crippen molar-refractivity contribution in [2.45, 2.75) is 58.3 Å². The molecular weight excluding hydrogens is 331 g/mol. The van der Waals surface area contributed by atoms with E-state index in [1.54, 1.807) is 12.1 Å². The molecule has 0 unspecified atom stereocenters. The Morgan fingerprint density at radius 3 is 2.48 bits per heavy atom. The van der Waals surface area contributed by atoms with Crippen molar-refractivity contribution in [3.8, 4) is 11.3 Å². The second-order valence-electron chi connectivity index (χ2n) is 8.78. The van der Waals surface area contributed by atoms with Crippen molar-refractivity contribution in [2.75, 3.05) is 6.61 Å². The van der Waals surface area contributed by atoms with E-state index in [0.717, 1.165) is 30.1 Å². The summed E-state index contributed by atoms with van der Waals surface area (Å²) in [4.78, 5) is 4.78. The predicted molar refractivity (Wildman–Crippen MR) is 103 cm³/mol. The normalized spacial score (nSPS) is 20.8. The number of halogens is 1. The highest BCUT2D eigenvalue weighted by Crippen LogP contribution is 2.39. The Bertz CT molecular complexity index is 746. The summed E-state index contributed by atoms with van der Waals surface area (Å²) in [7, 11) is -1.76. The molecule has 0 aliphatic carbocycles. The quantitative estimate of drug-likeness (QED) is 0.678. The second-order valence-corrected chi connectivity index (χ2v) is 13.6. The van der Waals surface area contributed by atoms with Crippen LogP contribution in [0.5, 0.6) is 0 Å². The third-order valence-corrected chi connectivity index (χ3v) is 10.4. The zero-order valence-electron chi connectivity index (χ0n) is 16.1. The van der Waals surface area contributed by atoms with Crippen molar-refractivity contribution >= 4 is 8.32 Å². The highest BCUT2D eigenvalue weighted by atomic mass is 28.4. The summed E-state index contributed by atoms with van der Waals surface area (Å²) >= 11 is 0. The van der Waals surface area contributed by atoms with Gasteiger partial charge in [0.2, 0.25) is 0 Å². The van der Waals surface area contributed by atoms with Gasteiger partial charge in [-0.05, 0) is 48.3 Å². The summed E-state index contributed by atoms with van der Waals surface area (Å²) in [5, 5.41) is 0.214. The molecule has 136 valence electrons. The summed E-state index contributed by atoms with van der Waals surface area (Å²) in [6, 6.07) is 6.88. The first-order valence-corrected chi connectivity index (χ1v) is 12.0. The van der Waals surface area contributed by atoms with Gasteiger partial charge in [-0.3, -0.25) is 0 Å². The number of imidazole rings is 1. The van der Waals surface area contributed by atoms with Crippen molar-refractivity contribution < 1.29 is 8.82 Å². The Kier molecular flexibility index (Phi) is 4.66. The zero-order chi connectivity index (χ0) is 18.4. The van der Waals surface area contributed by atoms with Crippen LogP contribution in [0.2, 0.25) is 18.1 Å². The molecule has 3 rings (SSSR count). The molecule has 0 bridgehead atoms. The topological polar surface area (TPSA) is 27.1 Å². The third-order valence-electron chi connectivity index (χ3n) is 5.89. The molecule has 1 aromatic carbocycles. The molecular formula is C20H29FN2OSi. The lowest BCUT2D eigenvalue weighted by molar-refractivity contribution is 0.207. The fourth-order valence-corrected chi connectivity index (χ4v) is 4.10. The van der Waals surface area contributed by atoms with Gasteiger partial charge in [0.05, 0.1) is 18.3 Å². The maximum Gasteiger partial charge on any atom is 0.192 e. The van der Waals surface area contributed by atoms with Crippen molar-refractivity contribution in [3.63, 3.8) is 0 Å². The second kappa shape index (κ2) is 6.36. The van der Waals surface area contributed by atoms with Gasteiger partial charge in [-0.25, -0.2) is 9.37 Å². The average molecular weight is 361 g/mol. The van der Waals surface area contributed by atoms with Gasteiger partial charge in [-0.1, -0.05) is 27.7 Å². The Balaban J connectivity index is 1.79. The summed E-state index contributed by atoms with van der Waals surface area (Å²) in [5.74, 6) is 1.41. The predicted octanol–water partition coefficient (Wildman–Crippen LogP) is 5.44. The summed E-state index contributed by atoms with van der Waals surface area (Å²) < 4.78 is 21.9. The molecule has 0 N–H and O–H groups in total. The fourth-order valence-electron chi connectivity index (χ4n) is 3.08. The van der Waals surface area contributed by atoms with Crippen molar-refractivity contribution in [3.05, 3.63) is 42.1 Å². The molecule has 0 radical (unpaired) electrons. The molecule has 1 aromatic heterocycles. The molecule has 0 amide bonds. The van der Waals surface area contributed by atoms with Gasteiger partial charge in [0, 0.05) is 18.2 Å². The molecule has 1 aliphatic heterocycles. The largest absolute Gasteiger partial charge is 0.415 e. The van der Waals surface area contributed by atoms with Crippen molar-refractivity contribution in [1.29, 1.82) is 0 Å². The number of nitrogens with zero attached hydrogens (tertiary/aromatic N) is 2. The van der Waals surface area contributed by atoms with Crippen LogP contribution in [-0.2, 0) is 10.8 Å². The van der Waals surface area contributed by atoms with Crippen LogP contribution >= 0.6 is 0 Å². The van der Waals surface area contributed by atoms with E-state index in [9.17, 15) is 4.39 Å². The minimum atomic E-state index is -1.76. The van der Waals surface area contributed by atoms with E-state index in [1.807, 2.05) is 0 Å². The maximum absolute atomic E-state index is 13.1. The van der Waals surface area contributed by atoms with E-state index >= 15 is 0 Å². The zero-order valence-corrected chi connectivity index (χ0v) is 17.1. The number of fused-ring (bicyclic) bond motifs is 1. The van der Waals surface area contributed by atoms with E-state index in [1.165, 1.54) is 12.1 Å². The first-order valence-electron chi connectivity index (χ1n) is 9.06.